The summed E-state index contributed by atoms with van der Waals surface area (Å²) in [6.07, 6.45) is 5.85. The molecule has 1 aromatic heterocycles. The summed E-state index contributed by atoms with van der Waals surface area (Å²) < 4.78 is 0. The van der Waals surface area contributed by atoms with Gasteiger partial charge in [-0.25, -0.2) is 9.97 Å². The highest BCUT2D eigenvalue weighted by Gasteiger charge is 2.29. The third-order valence-electron chi connectivity index (χ3n) is 2.74. The normalized spacial score (nSPS) is 20.8. The van der Waals surface area contributed by atoms with Gasteiger partial charge in [0, 0.05) is 18.9 Å². The number of aromatic nitrogens is 2. The molecule has 2 N–H and O–H groups in total. The van der Waals surface area contributed by atoms with Crippen molar-refractivity contribution in [2.24, 2.45) is 5.73 Å². The first-order valence-electron chi connectivity index (χ1n) is 5.22. The van der Waals surface area contributed by atoms with Gasteiger partial charge in [-0.2, -0.15) is 0 Å². The summed E-state index contributed by atoms with van der Waals surface area (Å²) in [6, 6.07) is -0.317. The van der Waals surface area contributed by atoms with Crippen molar-refractivity contribution in [2.75, 3.05) is 11.4 Å². The largest absolute Gasteiger partial charge is 0.368 e. The molecule has 0 aromatic carbocycles. The standard InChI is InChI=1S/C10H13ClN4O/c11-8-10(14-5-4-13-8)15-6-2-1-3-7(15)9(12)16/h4-5,7H,1-3,6H2,(H2,12,16). The van der Waals surface area contributed by atoms with Crippen LogP contribution in [0.2, 0.25) is 5.15 Å². The molecule has 0 spiro atoms. The van der Waals surface area contributed by atoms with Crippen LogP contribution in [0.3, 0.4) is 0 Å². The van der Waals surface area contributed by atoms with Crippen molar-refractivity contribution in [3.63, 3.8) is 0 Å². The van der Waals surface area contributed by atoms with Crippen molar-refractivity contribution >= 4 is 23.3 Å². The Morgan fingerprint density at radius 1 is 1.44 bits per heavy atom. The molecule has 1 unspecified atom stereocenters. The number of rotatable bonds is 2. The molecule has 2 heterocycles. The Morgan fingerprint density at radius 2 is 2.19 bits per heavy atom. The zero-order valence-electron chi connectivity index (χ0n) is 8.77. The van der Waals surface area contributed by atoms with Crippen molar-refractivity contribution in [3.05, 3.63) is 17.5 Å². The summed E-state index contributed by atoms with van der Waals surface area (Å²) in [4.78, 5) is 21.3. The molecular weight excluding hydrogens is 228 g/mol. The van der Waals surface area contributed by atoms with E-state index >= 15 is 0 Å². The number of amides is 1. The lowest BCUT2D eigenvalue weighted by Crippen LogP contribution is -2.48. The number of piperidine rings is 1. The van der Waals surface area contributed by atoms with Crippen LogP contribution < -0.4 is 10.6 Å². The first-order chi connectivity index (χ1) is 7.70. The lowest BCUT2D eigenvalue weighted by Gasteiger charge is -2.34. The van der Waals surface area contributed by atoms with Gasteiger partial charge in [0.25, 0.3) is 0 Å². The van der Waals surface area contributed by atoms with Gasteiger partial charge in [-0.15, -0.1) is 0 Å². The third kappa shape index (κ3) is 2.09. The van der Waals surface area contributed by atoms with Gasteiger partial charge in [0.15, 0.2) is 11.0 Å². The van der Waals surface area contributed by atoms with E-state index in [0.29, 0.717) is 11.0 Å². The van der Waals surface area contributed by atoms with Gasteiger partial charge in [-0.1, -0.05) is 11.6 Å². The lowest BCUT2D eigenvalue weighted by atomic mass is 10.0. The molecule has 1 aromatic rings. The lowest BCUT2D eigenvalue weighted by molar-refractivity contribution is -0.119. The summed E-state index contributed by atoms with van der Waals surface area (Å²) >= 11 is 5.96. The fraction of sp³-hybridized carbons (Fsp3) is 0.500. The van der Waals surface area contributed by atoms with Crippen LogP contribution in [-0.2, 0) is 4.79 Å². The third-order valence-corrected chi connectivity index (χ3v) is 3.01. The Labute approximate surface area is 98.6 Å². The van der Waals surface area contributed by atoms with Crippen molar-refractivity contribution in [1.82, 2.24) is 9.97 Å². The Balaban J connectivity index is 2.30. The SMILES string of the molecule is NC(=O)C1CCCCN1c1nccnc1Cl. The van der Waals surface area contributed by atoms with Crippen LogP contribution in [0.5, 0.6) is 0 Å². The Kier molecular flexibility index (Phi) is 3.24. The summed E-state index contributed by atoms with van der Waals surface area (Å²) in [7, 11) is 0. The number of hydrogen-bond acceptors (Lipinski definition) is 4. The molecule has 5 nitrogen and oxygen atoms in total. The monoisotopic (exact) mass is 240 g/mol. The van der Waals surface area contributed by atoms with Gasteiger partial charge in [-0.05, 0) is 19.3 Å². The second-order valence-corrected chi connectivity index (χ2v) is 4.14. The van der Waals surface area contributed by atoms with E-state index in [1.165, 1.54) is 6.20 Å². The van der Waals surface area contributed by atoms with Crippen LogP contribution >= 0.6 is 11.6 Å². The van der Waals surface area contributed by atoms with Crippen LogP contribution in [0, 0.1) is 0 Å². The van der Waals surface area contributed by atoms with Crippen LogP contribution in [0.1, 0.15) is 19.3 Å². The number of halogens is 1. The zero-order chi connectivity index (χ0) is 11.5. The molecule has 1 amide bonds. The smallest absolute Gasteiger partial charge is 0.240 e. The molecule has 6 heteroatoms. The fourth-order valence-electron chi connectivity index (χ4n) is 1.99. The van der Waals surface area contributed by atoms with E-state index in [2.05, 4.69) is 9.97 Å². The molecule has 86 valence electrons. The van der Waals surface area contributed by atoms with Crippen LogP contribution in [-0.4, -0.2) is 28.5 Å². The van der Waals surface area contributed by atoms with Crippen LogP contribution in [0.15, 0.2) is 12.4 Å². The minimum absolute atomic E-state index is 0.315. The molecule has 0 radical (unpaired) electrons. The number of primary amides is 1. The van der Waals surface area contributed by atoms with E-state index in [0.717, 1.165) is 25.8 Å². The Hall–Kier alpha value is -1.36. The van der Waals surface area contributed by atoms with Crippen molar-refractivity contribution in [2.45, 2.75) is 25.3 Å². The zero-order valence-corrected chi connectivity index (χ0v) is 9.52. The van der Waals surface area contributed by atoms with Gasteiger partial charge < -0.3 is 10.6 Å². The minimum atomic E-state index is -0.332. The highest BCUT2D eigenvalue weighted by atomic mass is 35.5. The van der Waals surface area contributed by atoms with E-state index in [-0.39, 0.29) is 11.9 Å². The van der Waals surface area contributed by atoms with E-state index in [1.54, 1.807) is 6.20 Å². The quantitative estimate of drug-likeness (QED) is 0.836. The first-order valence-corrected chi connectivity index (χ1v) is 5.60. The first kappa shape index (κ1) is 11.1. The Morgan fingerprint density at radius 3 is 2.88 bits per heavy atom. The van der Waals surface area contributed by atoms with E-state index in [4.69, 9.17) is 17.3 Å². The van der Waals surface area contributed by atoms with E-state index < -0.39 is 0 Å². The molecule has 0 saturated carbocycles. The van der Waals surface area contributed by atoms with Crippen molar-refractivity contribution in [1.29, 1.82) is 0 Å². The number of carbonyl (C=O) groups is 1. The van der Waals surface area contributed by atoms with Gasteiger partial charge in [0.2, 0.25) is 5.91 Å². The summed E-state index contributed by atoms with van der Waals surface area (Å²) in [5, 5.41) is 0.315. The molecule has 2 rings (SSSR count). The number of hydrogen-bond donors (Lipinski definition) is 1. The predicted octanol–water partition coefficient (Wildman–Crippen LogP) is 0.974. The number of nitrogens with zero attached hydrogens (tertiary/aromatic N) is 3. The van der Waals surface area contributed by atoms with Gasteiger partial charge in [0.1, 0.15) is 6.04 Å². The fourth-order valence-corrected chi connectivity index (χ4v) is 2.20. The molecule has 1 atom stereocenters. The molecule has 0 aliphatic carbocycles. The number of nitrogens with two attached hydrogens (primary N) is 1. The molecule has 1 saturated heterocycles. The predicted molar refractivity (Wildman–Crippen MR) is 61.2 cm³/mol. The van der Waals surface area contributed by atoms with Gasteiger partial charge in [0.05, 0.1) is 0 Å². The van der Waals surface area contributed by atoms with Gasteiger partial charge in [-0.3, -0.25) is 4.79 Å². The van der Waals surface area contributed by atoms with Crippen molar-refractivity contribution in [3.8, 4) is 0 Å². The maximum atomic E-state index is 11.3. The molecule has 1 aliphatic rings. The highest BCUT2D eigenvalue weighted by molar-refractivity contribution is 6.31. The summed E-state index contributed by atoms with van der Waals surface area (Å²) in [6.45, 7) is 0.742. The number of anilines is 1. The molecule has 1 fully saturated rings. The second-order valence-electron chi connectivity index (χ2n) is 3.78. The highest BCUT2D eigenvalue weighted by Crippen LogP contribution is 2.27. The molecule has 0 bridgehead atoms. The van der Waals surface area contributed by atoms with Crippen LogP contribution in [0.4, 0.5) is 5.82 Å². The second kappa shape index (κ2) is 4.65. The average molecular weight is 241 g/mol. The maximum Gasteiger partial charge on any atom is 0.240 e. The maximum absolute atomic E-state index is 11.3. The minimum Gasteiger partial charge on any atom is -0.368 e. The average Bonchev–Trinajstić information content (AvgIpc) is 2.29. The van der Waals surface area contributed by atoms with E-state index in [9.17, 15) is 4.79 Å². The topological polar surface area (TPSA) is 72.1 Å². The van der Waals surface area contributed by atoms with Crippen molar-refractivity contribution < 1.29 is 4.79 Å². The van der Waals surface area contributed by atoms with Gasteiger partial charge >= 0.3 is 0 Å². The molecule has 1 aliphatic heterocycles. The summed E-state index contributed by atoms with van der Waals surface area (Å²) in [5.74, 6) is 0.217. The Bertz CT molecular complexity index is 398. The van der Waals surface area contributed by atoms with E-state index in [1.807, 2.05) is 4.90 Å². The summed E-state index contributed by atoms with van der Waals surface area (Å²) in [5.41, 5.74) is 5.37. The van der Waals surface area contributed by atoms with Crippen LogP contribution in [0.25, 0.3) is 0 Å². The molecule has 16 heavy (non-hydrogen) atoms. The molecular formula is C10H13ClN4O. The number of carbonyl (C=O) groups excluding carboxylic acids is 1.